The van der Waals surface area contributed by atoms with E-state index in [0.717, 1.165) is 82.2 Å². The first-order valence-electron chi connectivity index (χ1n) is 20.2. The van der Waals surface area contributed by atoms with E-state index in [-0.39, 0.29) is 16.3 Å². The van der Waals surface area contributed by atoms with Gasteiger partial charge in [0.2, 0.25) is 10.0 Å². The third kappa shape index (κ3) is 9.67. The normalized spacial score (nSPS) is 20.2. The fraction of sp³-hybridized carbons (Fsp3) is 0.513. The third-order valence-corrected chi connectivity index (χ3v) is 13.2. The lowest BCUT2D eigenvalue weighted by Crippen LogP contribution is -2.39. The molecule has 0 spiro atoms. The Kier molecular flexibility index (Phi) is 12.6. The Morgan fingerprint density at radius 2 is 1.48 bits per heavy atom. The third-order valence-electron chi connectivity index (χ3n) is 11.2. The Bertz CT molecular complexity index is 2470. The molecule has 4 aliphatic heterocycles. The van der Waals surface area contributed by atoms with Crippen molar-refractivity contribution in [3.8, 4) is 0 Å². The number of piperidine rings is 3. The van der Waals surface area contributed by atoms with Crippen molar-refractivity contribution >= 4 is 79.4 Å². The second-order valence-corrected chi connectivity index (χ2v) is 18.6. The van der Waals surface area contributed by atoms with E-state index < -0.39 is 33.9 Å². The van der Waals surface area contributed by atoms with Crippen LogP contribution in [-0.4, -0.2) is 99.6 Å². The first-order chi connectivity index (χ1) is 28.7. The van der Waals surface area contributed by atoms with Crippen molar-refractivity contribution in [1.82, 2.24) is 39.4 Å². The number of rotatable bonds is 8. The molecular weight excluding hydrogens is 866 g/mol. The average Bonchev–Trinajstić information content (AvgIpc) is 3.83. The molecule has 0 bridgehead atoms. The highest BCUT2D eigenvalue weighted by molar-refractivity contribution is 7.92. The number of aromatic nitrogens is 6. The maximum absolute atomic E-state index is 14.0. The number of hydrogen-bond donors (Lipinski definition) is 2. The number of sulfonamides is 1. The van der Waals surface area contributed by atoms with Crippen LogP contribution in [0.2, 0.25) is 15.3 Å². The van der Waals surface area contributed by atoms with Crippen LogP contribution in [0.25, 0.3) is 11.3 Å². The monoisotopic (exact) mass is 909 g/mol. The van der Waals surface area contributed by atoms with Crippen molar-refractivity contribution in [2.45, 2.75) is 82.5 Å². The average molecular weight is 911 g/mol. The molecule has 8 heterocycles. The molecule has 0 radical (unpaired) electrons. The molecule has 4 saturated heterocycles. The van der Waals surface area contributed by atoms with Crippen molar-refractivity contribution in [2.75, 3.05) is 59.5 Å². The largest absolute Gasteiger partial charge is 0.404 e. The molecule has 4 aliphatic rings. The summed E-state index contributed by atoms with van der Waals surface area (Å²) in [4.78, 5) is 29.3. The van der Waals surface area contributed by atoms with Crippen molar-refractivity contribution < 1.29 is 26.4 Å². The van der Waals surface area contributed by atoms with Gasteiger partial charge in [0.25, 0.3) is 5.91 Å². The highest BCUT2D eigenvalue weighted by Gasteiger charge is 2.37. The number of fused-ring (bicyclic) bond motifs is 2. The number of anilines is 3. The van der Waals surface area contributed by atoms with Gasteiger partial charge >= 0.3 is 6.18 Å². The highest BCUT2D eigenvalue weighted by atomic mass is 35.5. The zero-order chi connectivity index (χ0) is 42.2. The number of nitrogens with one attached hydrogen (secondary N) is 2. The van der Waals surface area contributed by atoms with Gasteiger partial charge in [-0.25, -0.2) is 22.9 Å². The molecule has 1 amide bonds. The minimum atomic E-state index is -4.94. The van der Waals surface area contributed by atoms with Gasteiger partial charge in [-0.3, -0.25) is 9.52 Å². The molecule has 0 saturated carbocycles. The molecule has 60 heavy (non-hydrogen) atoms. The van der Waals surface area contributed by atoms with Gasteiger partial charge in [0.05, 0.1) is 34.7 Å². The summed E-state index contributed by atoms with van der Waals surface area (Å²) in [6.07, 6.45) is 5.28. The molecule has 21 heteroatoms. The SMILES string of the molecule is Clc1cc(Cl)n2nc([C@@H]3CCCCN3)cc2n1.O=C(c1cc(Cl)ccc1NS(=O)(=O)CC(F)(F)F)N1CCCC[C@H]1c1cc2nc(N3CCC3)cc(N3CCCCC3)n2n1. The molecule has 14 nitrogen and oxygen atoms in total. The fourth-order valence-corrected chi connectivity index (χ4v) is 9.88. The number of nitrogens with zero attached hydrogens (tertiary/aromatic N) is 9. The first kappa shape index (κ1) is 42.6. The van der Waals surface area contributed by atoms with Crippen LogP contribution in [0, 0.1) is 0 Å². The lowest BCUT2D eigenvalue weighted by molar-refractivity contribution is -0.106. The molecule has 4 aromatic heterocycles. The second kappa shape index (κ2) is 17.7. The van der Waals surface area contributed by atoms with Crippen molar-refractivity contribution in [2.24, 2.45) is 0 Å². The van der Waals surface area contributed by atoms with Crippen LogP contribution in [0.15, 0.2) is 42.5 Å². The summed E-state index contributed by atoms with van der Waals surface area (Å²) in [6.45, 7) is 5.14. The van der Waals surface area contributed by atoms with Gasteiger partial charge in [0.15, 0.2) is 17.0 Å². The van der Waals surface area contributed by atoms with Crippen molar-refractivity contribution in [3.63, 3.8) is 0 Å². The summed E-state index contributed by atoms with van der Waals surface area (Å²) < 4.78 is 68.7. The van der Waals surface area contributed by atoms with Gasteiger partial charge in [-0.1, -0.05) is 41.2 Å². The summed E-state index contributed by atoms with van der Waals surface area (Å²) in [5.41, 5.74) is 2.64. The number of alkyl halides is 3. The Labute approximate surface area is 360 Å². The van der Waals surface area contributed by atoms with E-state index in [1.165, 1.54) is 37.5 Å². The number of likely N-dealkylation sites (tertiary alicyclic amines) is 1. The molecule has 322 valence electrons. The summed E-state index contributed by atoms with van der Waals surface area (Å²) in [5, 5.41) is 13.9. The van der Waals surface area contributed by atoms with Crippen LogP contribution in [0.1, 0.15) is 98.0 Å². The Morgan fingerprint density at radius 3 is 2.20 bits per heavy atom. The number of halogens is 6. The Hall–Kier alpha value is -4.10. The molecule has 5 aromatic rings. The van der Waals surface area contributed by atoms with Gasteiger partial charge in [0.1, 0.15) is 21.9 Å². The quantitative estimate of drug-likeness (QED) is 0.147. The Balaban J connectivity index is 0.000000243. The lowest BCUT2D eigenvalue weighted by atomic mass is 9.98. The van der Waals surface area contributed by atoms with E-state index in [4.69, 9.17) is 44.9 Å². The molecule has 9 rings (SSSR count). The fourth-order valence-electron chi connectivity index (χ4n) is 8.22. The van der Waals surface area contributed by atoms with E-state index in [0.29, 0.717) is 52.7 Å². The van der Waals surface area contributed by atoms with E-state index in [2.05, 4.69) is 31.3 Å². The Morgan fingerprint density at radius 1 is 0.783 bits per heavy atom. The molecule has 0 aliphatic carbocycles. The van der Waals surface area contributed by atoms with Crippen LogP contribution >= 0.6 is 34.8 Å². The van der Waals surface area contributed by atoms with Gasteiger partial charge in [0, 0.05) is 62.0 Å². The lowest BCUT2D eigenvalue weighted by Gasteiger charge is -2.35. The van der Waals surface area contributed by atoms with Crippen LogP contribution < -0.4 is 19.8 Å². The molecule has 2 atom stereocenters. The maximum atomic E-state index is 14.0. The van der Waals surface area contributed by atoms with E-state index >= 15 is 0 Å². The maximum Gasteiger partial charge on any atom is 0.404 e. The van der Waals surface area contributed by atoms with E-state index in [1.54, 1.807) is 15.5 Å². The van der Waals surface area contributed by atoms with Crippen molar-refractivity contribution in [3.05, 3.63) is 74.7 Å². The van der Waals surface area contributed by atoms with Crippen LogP contribution in [0.5, 0.6) is 0 Å². The summed E-state index contributed by atoms with van der Waals surface area (Å²) >= 11 is 18.1. The predicted octanol–water partition coefficient (Wildman–Crippen LogP) is 8.11. The minimum absolute atomic E-state index is 0.124. The van der Waals surface area contributed by atoms with Gasteiger partial charge < -0.3 is 20.0 Å². The number of carbonyl (C=O) groups excluding carboxylic acids is 1. The highest BCUT2D eigenvalue weighted by Crippen LogP contribution is 2.36. The predicted molar refractivity (Wildman–Crippen MR) is 226 cm³/mol. The van der Waals surface area contributed by atoms with E-state index in [9.17, 15) is 26.4 Å². The molecule has 2 N–H and O–H groups in total. The standard InChI is InChI=1S/C28H33ClF3N7O3S.C11H12Cl2N4/c29-19-8-9-21(35-43(41,42)18-28(30,31)32)20(15-19)27(40)38-14-5-2-7-23(38)22-16-25-33-24(36-12-6-13-36)17-26(39(25)34-22)37-10-3-1-4-11-37;12-9-6-10(13)17-11(15-9)5-8(16-17)7-3-1-2-4-14-7/h8-9,15-17,23,35H,1-7,10-14,18H2;5-7,14H,1-4H2/t23-;7-/m00/s1. The molecule has 1 aromatic carbocycles. The smallest absolute Gasteiger partial charge is 0.356 e. The number of carbonyl (C=O) groups is 1. The topological polar surface area (TPSA) is 145 Å². The van der Waals surface area contributed by atoms with Crippen LogP contribution in [0.4, 0.5) is 30.5 Å². The number of benzene rings is 1. The number of hydrogen-bond acceptors (Lipinski definition) is 10. The summed E-state index contributed by atoms with van der Waals surface area (Å²) in [5.74, 6) is -0.755. The van der Waals surface area contributed by atoms with E-state index in [1.807, 2.05) is 21.4 Å². The first-order valence-corrected chi connectivity index (χ1v) is 23.0. The second-order valence-electron chi connectivity index (χ2n) is 15.6. The summed E-state index contributed by atoms with van der Waals surface area (Å²) in [7, 11) is -4.82. The van der Waals surface area contributed by atoms with Crippen molar-refractivity contribution in [1.29, 1.82) is 0 Å². The van der Waals surface area contributed by atoms with Crippen LogP contribution in [-0.2, 0) is 10.0 Å². The minimum Gasteiger partial charge on any atom is -0.356 e. The van der Waals surface area contributed by atoms with Crippen LogP contribution in [0.3, 0.4) is 0 Å². The molecule has 0 unspecified atom stereocenters. The number of amides is 1. The van der Waals surface area contributed by atoms with Gasteiger partial charge in [-0.05, 0) is 82.5 Å². The van der Waals surface area contributed by atoms with Gasteiger partial charge in [-0.15, -0.1) is 0 Å². The summed E-state index contributed by atoms with van der Waals surface area (Å²) in [6, 6.07) is 11.2. The molecule has 4 fully saturated rings. The zero-order valence-electron chi connectivity index (χ0n) is 32.6. The zero-order valence-corrected chi connectivity index (χ0v) is 35.7. The molecular formula is C39H45Cl3F3N11O3S. The van der Waals surface area contributed by atoms with Gasteiger partial charge in [-0.2, -0.15) is 27.9 Å².